The number of carbonyl (C=O) groups is 2. The molecule has 5 rings (SSSR count). The van der Waals surface area contributed by atoms with Gasteiger partial charge < -0.3 is 15.3 Å². The Kier molecular flexibility index (Phi) is 5.75. The van der Waals surface area contributed by atoms with Crippen LogP contribution in [0.1, 0.15) is 39.2 Å². The largest absolute Gasteiger partial charge is 0.464 e. The predicted octanol–water partition coefficient (Wildman–Crippen LogP) is 5.78. The van der Waals surface area contributed by atoms with E-state index < -0.39 is 6.09 Å². The van der Waals surface area contributed by atoms with Crippen LogP contribution in [-0.4, -0.2) is 43.0 Å². The molecule has 0 atom stereocenters. The first kappa shape index (κ1) is 23.9. The van der Waals surface area contributed by atoms with E-state index in [0.29, 0.717) is 46.3 Å². The summed E-state index contributed by atoms with van der Waals surface area (Å²) >= 11 is 6.54. The fourth-order valence-corrected chi connectivity index (χ4v) is 5.08. The lowest BCUT2D eigenvalue weighted by atomic mass is 9.84. The van der Waals surface area contributed by atoms with E-state index in [2.05, 4.69) is 15.4 Å². The summed E-state index contributed by atoms with van der Waals surface area (Å²) in [6.07, 6.45) is 5.46. The Bertz CT molecular complexity index is 1510. The lowest BCUT2D eigenvalue weighted by Crippen LogP contribution is -2.23. The van der Waals surface area contributed by atoms with Crippen LogP contribution in [0.2, 0.25) is 5.02 Å². The number of benzene rings is 1. The number of nitrogens with one attached hydrogen (secondary N) is 1. The third-order valence-electron chi connectivity index (χ3n) is 6.37. The Morgan fingerprint density at radius 2 is 1.97 bits per heavy atom. The molecule has 10 heteroatoms. The van der Waals surface area contributed by atoms with Gasteiger partial charge in [0, 0.05) is 55.1 Å². The molecule has 1 amide bonds. The minimum absolute atomic E-state index is 0.0902. The van der Waals surface area contributed by atoms with Crippen molar-refractivity contribution in [2.75, 3.05) is 16.8 Å². The first-order chi connectivity index (χ1) is 17.0. The van der Waals surface area contributed by atoms with Gasteiger partial charge in [0.15, 0.2) is 0 Å². The van der Waals surface area contributed by atoms with E-state index in [-0.39, 0.29) is 11.3 Å². The van der Waals surface area contributed by atoms with E-state index in [1.54, 1.807) is 47.2 Å². The van der Waals surface area contributed by atoms with Gasteiger partial charge in [-0.25, -0.2) is 14.3 Å². The summed E-state index contributed by atoms with van der Waals surface area (Å²) in [6.45, 7) is 6.83. The Hall–Kier alpha value is -3.85. The number of carbonyl (C=O) groups excluding carboxylic acids is 1. The molecule has 0 saturated carbocycles. The molecule has 1 aliphatic rings. The standard InChI is InChI=1S/C26H27ClN6O3/c1-26(2,3)23-17-13-28-21(11-20(17)33(25(35)36)24(23)15-12-29-31(4)14-15)30-19-8-7-16(10-18(19)27)32-9-5-6-22(32)34/h7-8,10-14H,5-6,9H2,1-4H3,(H,28,30)(H,35,36). The van der Waals surface area contributed by atoms with Gasteiger partial charge in [0.25, 0.3) is 0 Å². The third kappa shape index (κ3) is 4.09. The van der Waals surface area contributed by atoms with E-state index in [4.69, 9.17) is 11.6 Å². The van der Waals surface area contributed by atoms with E-state index in [9.17, 15) is 14.7 Å². The highest BCUT2D eigenvalue weighted by molar-refractivity contribution is 6.33. The second-order valence-electron chi connectivity index (χ2n) is 10.0. The number of carboxylic acid groups (broad SMARTS) is 1. The zero-order valence-corrected chi connectivity index (χ0v) is 21.3. The number of pyridine rings is 1. The number of hydrogen-bond donors (Lipinski definition) is 2. The predicted molar refractivity (Wildman–Crippen MR) is 140 cm³/mol. The topological polar surface area (TPSA) is 105 Å². The van der Waals surface area contributed by atoms with Gasteiger partial charge in [-0.1, -0.05) is 32.4 Å². The Balaban J connectivity index is 1.60. The highest BCUT2D eigenvalue weighted by Crippen LogP contribution is 2.41. The number of hydrogen-bond acceptors (Lipinski definition) is 5. The number of halogens is 1. The van der Waals surface area contributed by atoms with Gasteiger partial charge in [-0.3, -0.25) is 9.48 Å². The monoisotopic (exact) mass is 506 g/mol. The molecule has 1 aliphatic heterocycles. The lowest BCUT2D eigenvalue weighted by Gasteiger charge is -2.20. The van der Waals surface area contributed by atoms with Crippen LogP contribution in [0.3, 0.4) is 0 Å². The smallest absolute Gasteiger partial charge is 0.416 e. The maximum Gasteiger partial charge on any atom is 0.416 e. The van der Waals surface area contributed by atoms with Gasteiger partial charge >= 0.3 is 6.09 Å². The molecular formula is C26H27ClN6O3. The highest BCUT2D eigenvalue weighted by Gasteiger charge is 2.30. The zero-order chi connectivity index (χ0) is 25.8. The zero-order valence-electron chi connectivity index (χ0n) is 20.5. The minimum atomic E-state index is -1.09. The minimum Gasteiger partial charge on any atom is -0.464 e. The van der Waals surface area contributed by atoms with Crippen molar-refractivity contribution in [1.82, 2.24) is 19.3 Å². The van der Waals surface area contributed by atoms with Crippen molar-refractivity contribution in [2.45, 2.75) is 39.0 Å². The first-order valence-electron chi connectivity index (χ1n) is 11.7. The van der Waals surface area contributed by atoms with Gasteiger partial charge in [0.05, 0.1) is 28.1 Å². The molecule has 1 aromatic carbocycles. The second kappa shape index (κ2) is 8.67. The summed E-state index contributed by atoms with van der Waals surface area (Å²) in [5, 5.41) is 18.9. The van der Waals surface area contributed by atoms with Crippen molar-refractivity contribution in [2.24, 2.45) is 7.05 Å². The summed E-state index contributed by atoms with van der Waals surface area (Å²) in [5.74, 6) is 0.542. The van der Waals surface area contributed by atoms with Crippen molar-refractivity contribution in [3.05, 3.63) is 53.4 Å². The SMILES string of the molecule is Cn1cc(-c2c(C(C)(C)C)c3cnc(Nc4ccc(N5CCCC5=O)cc4Cl)cc3n2C(=O)O)cn1. The molecule has 4 aromatic rings. The molecule has 1 fully saturated rings. The summed E-state index contributed by atoms with van der Waals surface area (Å²) < 4.78 is 2.95. The molecule has 0 unspecified atom stereocenters. The lowest BCUT2D eigenvalue weighted by molar-refractivity contribution is -0.117. The number of fused-ring (bicyclic) bond motifs is 1. The van der Waals surface area contributed by atoms with E-state index in [1.807, 2.05) is 33.0 Å². The van der Waals surface area contributed by atoms with Crippen molar-refractivity contribution >= 4 is 51.7 Å². The van der Waals surface area contributed by atoms with Crippen LogP contribution >= 0.6 is 11.6 Å². The van der Waals surface area contributed by atoms with Crippen molar-refractivity contribution in [3.8, 4) is 11.3 Å². The summed E-state index contributed by atoms with van der Waals surface area (Å²) in [5.41, 5.74) is 3.69. The van der Waals surface area contributed by atoms with Crippen LogP contribution in [0.4, 0.5) is 22.0 Å². The summed E-state index contributed by atoms with van der Waals surface area (Å²) in [4.78, 5) is 30.9. The van der Waals surface area contributed by atoms with Crippen LogP contribution in [0, 0.1) is 0 Å². The van der Waals surface area contributed by atoms with E-state index in [0.717, 1.165) is 23.1 Å². The number of aromatic nitrogens is 4. The average Bonchev–Trinajstić information content (AvgIpc) is 3.50. The van der Waals surface area contributed by atoms with Crippen molar-refractivity contribution < 1.29 is 14.7 Å². The number of amides is 1. The van der Waals surface area contributed by atoms with Gasteiger partial charge in [-0.05, 0) is 35.6 Å². The Morgan fingerprint density at radius 1 is 1.19 bits per heavy atom. The second-order valence-corrected chi connectivity index (χ2v) is 10.4. The molecule has 1 saturated heterocycles. The maximum atomic E-state index is 12.5. The summed E-state index contributed by atoms with van der Waals surface area (Å²) in [6, 6.07) is 7.11. The molecule has 3 aromatic heterocycles. The number of anilines is 3. The molecule has 0 aliphatic carbocycles. The van der Waals surface area contributed by atoms with Crippen LogP contribution in [-0.2, 0) is 17.3 Å². The molecule has 36 heavy (non-hydrogen) atoms. The Morgan fingerprint density at radius 3 is 2.56 bits per heavy atom. The average molecular weight is 507 g/mol. The van der Waals surface area contributed by atoms with Crippen LogP contribution in [0.5, 0.6) is 0 Å². The quantitative estimate of drug-likeness (QED) is 0.363. The summed E-state index contributed by atoms with van der Waals surface area (Å²) in [7, 11) is 1.80. The molecular weight excluding hydrogens is 480 g/mol. The molecule has 0 radical (unpaired) electrons. The van der Waals surface area contributed by atoms with Gasteiger partial charge in [0.2, 0.25) is 5.91 Å². The number of nitrogens with zero attached hydrogens (tertiary/aromatic N) is 5. The van der Waals surface area contributed by atoms with Crippen molar-refractivity contribution in [3.63, 3.8) is 0 Å². The fourth-order valence-electron chi connectivity index (χ4n) is 4.86. The number of aryl methyl sites for hydroxylation is 1. The van der Waals surface area contributed by atoms with Gasteiger partial charge in [-0.15, -0.1) is 0 Å². The normalized spacial score (nSPS) is 14.1. The molecule has 0 bridgehead atoms. The van der Waals surface area contributed by atoms with Crippen LogP contribution < -0.4 is 10.2 Å². The molecule has 186 valence electrons. The Labute approximate surface area is 213 Å². The van der Waals surface area contributed by atoms with Gasteiger partial charge in [-0.2, -0.15) is 5.10 Å². The number of rotatable bonds is 4. The van der Waals surface area contributed by atoms with Crippen molar-refractivity contribution in [1.29, 1.82) is 0 Å². The van der Waals surface area contributed by atoms with Crippen LogP contribution in [0.25, 0.3) is 22.2 Å². The van der Waals surface area contributed by atoms with Gasteiger partial charge in [0.1, 0.15) is 5.82 Å². The first-order valence-corrected chi connectivity index (χ1v) is 12.1. The highest BCUT2D eigenvalue weighted by atomic mass is 35.5. The molecule has 4 heterocycles. The molecule has 9 nitrogen and oxygen atoms in total. The van der Waals surface area contributed by atoms with Crippen LogP contribution in [0.15, 0.2) is 42.9 Å². The maximum absolute atomic E-state index is 12.5. The van der Waals surface area contributed by atoms with E-state index in [1.165, 1.54) is 4.57 Å². The molecule has 0 spiro atoms. The molecule has 2 N–H and O–H groups in total. The fraction of sp³-hybridized carbons (Fsp3) is 0.308. The van der Waals surface area contributed by atoms with E-state index >= 15 is 0 Å². The third-order valence-corrected chi connectivity index (χ3v) is 6.69.